The highest BCUT2D eigenvalue weighted by Gasteiger charge is 2.55. The minimum atomic E-state index is -0.610. The van der Waals surface area contributed by atoms with E-state index in [0.717, 1.165) is 12.8 Å². The summed E-state index contributed by atoms with van der Waals surface area (Å²) in [5.74, 6) is 0.149. The summed E-state index contributed by atoms with van der Waals surface area (Å²) in [6.45, 7) is 4.20. The van der Waals surface area contributed by atoms with Crippen LogP contribution in [0.1, 0.15) is 39.5 Å². The third kappa shape index (κ3) is 2.03. The normalized spacial score (nSPS) is 45.6. The van der Waals surface area contributed by atoms with Gasteiger partial charge in [-0.2, -0.15) is 0 Å². The van der Waals surface area contributed by atoms with Crippen molar-refractivity contribution in [1.29, 1.82) is 0 Å². The molecule has 2 saturated heterocycles. The first-order chi connectivity index (χ1) is 8.91. The number of ether oxygens (including phenoxy) is 4. The fraction of sp³-hybridized carbons (Fsp3) is 0.846. The summed E-state index contributed by atoms with van der Waals surface area (Å²) >= 11 is 0. The van der Waals surface area contributed by atoms with Crippen molar-refractivity contribution in [2.24, 2.45) is 5.92 Å². The van der Waals surface area contributed by atoms with E-state index in [1.54, 1.807) is 0 Å². The quantitative estimate of drug-likeness (QED) is 0.681. The molecule has 0 aromatic carbocycles. The number of fused-ring (bicyclic) bond motifs is 1. The summed E-state index contributed by atoms with van der Waals surface area (Å²) in [4.78, 5) is 22.6. The Kier molecular flexibility index (Phi) is 2.66. The van der Waals surface area contributed by atoms with E-state index in [0.29, 0.717) is 19.4 Å². The number of cyclic esters (lactones) is 2. The van der Waals surface area contributed by atoms with Crippen molar-refractivity contribution in [2.45, 2.75) is 56.8 Å². The van der Waals surface area contributed by atoms with Crippen LogP contribution < -0.4 is 0 Å². The van der Waals surface area contributed by atoms with Gasteiger partial charge in [0, 0.05) is 12.3 Å². The molecule has 0 amide bonds. The molecule has 2 heterocycles. The Hall–Kier alpha value is -1.46. The van der Waals surface area contributed by atoms with Crippen molar-refractivity contribution in [3.8, 4) is 0 Å². The zero-order chi connectivity index (χ0) is 13.7. The summed E-state index contributed by atoms with van der Waals surface area (Å²) in [6.07, 6.45) is 1.51. The van der Waals surface area contributed by atoms with Crippen molar-refractivity contribution < 1.29 is 28.5 Å². The topological polar surface area (TPSA) is 71.1 Å². The zero-order valence-electron chi connectivity index (χ0n) is 11.1. The zero-order valence-corrected chi connectivity index (χ0v) is 11.1. The minimum Gasteiger partial charge on any atom is -0.434 e. The van der Waals surface area contributed by atoms with E-state index >= 15 is 0 Å². The molecule has 0 N–H and O–H groups in total. The summed E-state index contributed by atoms with van der Waals surface area (Å²) < 4.78 is 20.7. The molecule has 4 atom stereocenters. The highest BCUT2D eigenvalue weighted by Crippen LogP contribution is 2.47. The van der Waals surface area contributed by atoms with Crippen LogP contribution in [0.4, 0.5) is 9.59 Å². The Labute approximate surface area is 111 Å². The van der Waals surface area contributed by atoms with Gasteiger partial charge >= 0.3 is 12.3 Å². The predicted molar refractivity (Wildman–Crippen MR) is 62.6 cm³/mol. The Bertz CT molecular complexity index is 421. The molecule has 6 heteroatoms. The average molecular weight is 270 g/mol. The highest BCUT2D eigenvalue weighted by atomic mass is 16.8. The third-order valence-corrected chi connectivity index (χ3v) is 4.66. The van der Waals surface area contributed by atoms with Crippen LogP contribution >= 0.6 is 0 Å². The second-order valence-corrected chi connectivity index (χ2v) is 6.01. The lowest BCUT2D eigenvalue weighted by Crippen LogP contribution is -2.52. The maximum Gasteiger partial charge on any atom is 0.509 e. The van der Waals surface area contributed by atoms with E-state index in [1.807, 2.05) is 13.8 Å². The monoisotopic (exact) mass is 270 g/mol. The SMILES string of the molecule is CC1(C2CCC3OC(=O)OC3(C)C2)CCOC(=O)O1. The number of hydrogen-bond acceptors (Lipinski definition) is 6. The number of carbonyl (C=O) groups is 2. The van der Waals surface area contributed by atoms with Gasteiger partial charge in [-0.05, 0) is 33.1 Å². The third-order valence-electron chi connectivity index (χ3n) is 4.66. The van der Waals surface area contributed by atoms with E-state index in [2.05, 4.69) is 0 Å². The van der Waals surface area contributed by atoms with Crippen molar-refractivity contribution in [2.75, 3.05) is 6.61 Å². The van der Waals surface area contributed by atoms with Gasteiger partial charge < -0.3 is 18.9 Å². The fourth-order valence-corrected chi connectivity index (χ4v) is 3.42. The van der Waals surface area contributed by atoms with Crippen molar-refractivity contribution in [3.05, 3.63) is 0 Å². The molecule has 2 aliphatic heterocycles. The maximum absolute atomic E-state index is 11.3. The van der Waals surface area contributed by atoms with Crippen LogP contribution in [0, 0.1) is 5.92 Å². The molecule has 0 spiro atoms. The lowest BCUT2D eigenvalue weighted by atomic mass is 9.69. The second kappa shape index (κ2) is 4.02. The van der Waals surface area contributed by atoms with Crippen LogP contribution in [0.2, 0.25) is 0 Å². The Morgan fingerprint density at radius 3 is 2.53 bits per heavy atom. The van der Waals surface area contributed by atoms with Gasteiger partial charge in [0.25, 0.3) is 0 Å². The van der Waals surface area contributed by atoms with Crippen LogP contribution in [0.5, 0.6) is 0 Å². The summed E-state index contributed by atoms with van der Waals surface area (Å²) in [7, 11) is 0. The first kappa shape index (κ1) is 12.6. The van der Waals surface area contributed by atoms with Gasteiger partial charge in [0.15, 0.2) is 5.60 Å². The maximum atomic E-state index is 11.3. The van der Waals surface area contributed by atoms with Crippen LogP contribution in [0.3, 0.4) is 0 Å². The van der Waals surface area contributed by atoms with Crippen molar-refractivity contribution >= 4 is 12.3 Å². The lowest BCUT2D eigenvalue weighted by Gasteiger charge is -2.45. The summed E-state index contributed by atoms with van der Waals surface area (Å²) in [5.41, 5.74) is -1.15. The molecule has 3 fully saturated rings. The van der Waals surface area contributed by atoms with Gasteiger partial charge in [0.2, 0.25) is 0 Å². The first-order valence-electron chi connectivity index (χ1n) is 6.67. The van der Waals surface area contributed by atoms with E-state index in [-0.39, 0.29) is 12.0 Å². The molecule has 4 unspecified atom stereocenters. The summed E-state index contributed by atoms with van der Waals surface area (Å²) in [5, 5.41) is 0. The molecular weight excluding hydrogens is 252 g/mol. The molecule has 3 aliphatic rings. The number of rotatable bonds is 1. The van der Waals surface area contributed by atoms with Crippen molar-refractivity contribution in [1.82, 2.24) is 0 Å². The van der Waals surface area contributed by atoms with E-state index in [1.165, 1.54) is 0 Å². The Morgan fingerprint density at radius 1 is 1.05 bits per heavy atom. The first-order valence-corrected chi connectivity index (χ1v) is 6.67. The standard InChI is InChI=1S/C13H18O6/c1-12(5-6-16-10(14)18-12)8-3-4-9-13(2,7-8)19-11(15)17-9/h8-9H,3-7H2,1-2H3. The van der Waals surface area contributed by atoms with Crippen LogP contribution in [0.15, 0.2) is 0 Å². The molecule has 6 nitrogen and oxygen atoms in total. The smallest absolute Gasteiger partial charge is 0.434 e. The molecule has 1 saturated carbocycles. The van der Waals surface area contributed by atoms with Gasteiger partial charge in [0.05, 0.1) is 6.61 Å². The predicted octanol–water partition coefficient (Wildman–Crippen LogP) is 2.40. The number of carbonyl (C=O) groups excluding carboxylic acids is 2. The molecule has 1 aliphatic carbocycles. The highest BCUT2D eigenvalue weighted by molar-refractivity contribution is 5.63. The van der Waals surface area contributed by atoms with Crippen LogP contribution in [-0.2, 0) is 18.9 Å². The van der Waals surface area contributed by atoms with Gasteiger partial charge in [-0.25, -0.2) is 9.59 Å². The van der Waals surface area contributed by atoms with Crippen molar-refractivity contribution in [3.63, 3.8) is 0 Å². The van der Waals surface area contributed by atoms with Crippen LogP contribution in [-0.4, -0.2) is 36.2 Å². The molecular formula is C13H18O6. The fourth-order valence-electron chi connectivity index (χ4n) is 3.42. The minimum absolute atomic E-state index is 0.149. The molecule has 106 valence electrons. The largest absolute Gasteiger partial charge is 0.509 e. The van der Waals surface area contributed by atoms with E-state index in [4.69, 9.17) is 18.9 Å². The average Bonchev–Trinajstić information content (AvgIpc) is 2.61. The molecule has 0 radical (unpaired) electrons. The number of hydrogen-bond donors (Lipinski definition) is 0. The van der Waals surface area contributed by atoms with Gasteiger partial charge in [-0.1, -0.05) is 0 Å². The Morgan fingerprint density at radius 2 is 1.79 bits per heavy atom. The van der Waals surface area contributed by atoms with Gasteiger partial charge in [-0.3, -0.25) is 0 Å². The molecule has 0 aromatic rings. The van der Waals surface area contributed by atoms with E-state index < -0.39 is 23.5 Å². The van der Waals surface area contributed by atoms with Crippen LogP contribution in [0.25, 0.3) is 0 Å². The van der Waals surface area contributed by atoms with Gasteiger partial charge in [0.1, 0.15) is 11.7 Å². The lowest BCUT2D eigenvalue weighted by molar-refractivity contribution is -0.133. The molecule has 0 bridgehead atoms. The second-order valence-electron chi connectivity index (χ2n) is 6.01. The summed E-state index contributed by atoms with van der Waals surface area (Å²) in [6, 6.07) is 0. The van der Waals surface area contributed by atoms with Gasteiger partial charge in [-0.15, -0.1) is 0 Å². The van der Waals surface area contributed by atoms with E-state index in [9.17, 15) is 9.59 Å². The Balaban J connectivity index is 1.76. The molecule has 3 rings (SSSR count). The molecule has 0 aromatic heterocycles. The molecule has 19 heavy (non-hydrogen) atoms.